The third-order valence-electron chi connectivity index (χ3n) is 4.11. The lowest BCUT2D eigenvalue weighted by atomic mass is 10.2. The first-order valence-electron chi connectivity index (χ1n) is 8.75. The first-order chi connectivity index (χ1) is 14.1. The Morgan fingerprint density at radius 1 is 0.966 bits per heavy atom. The number of aliphatic imine (C=N–C) groups is 1. The topological polar surface area (TPSA) is 65.0 Å². The van der Waals surface area contributed by atoms with E-state index >= 15 is 0 Å². The fourth-order valence-corrected chi connectivity index (χ4v) is 2.73. The number of ether oxygens (including phenoxy) is 2. The van der Waals surface area contributed by atoms with Crippen molar-refractivity contribution < 1.29 is 23.5 Å². The molecule has 6 heteroatoms. The van der Waals surface area contributed by atoms with Gasteiger partial charge in [-0.15, -0.1) is 0 Å². The lowest BCUT2D eigenvalue weighted by Crippen LogP contribution is -2.10. The van der Waals surface area contributed by atoms with E-state index in [1.807, 2.05) is 18.2 Å². The number of hydrogen-bond donors (Lipinski definition) is 0. The normalized spacial score (nSPS) is 14.4. The summed E-state index contributed by atoms with van der Waals surface area (Å²) in [6, 6.07) is 21.1. The highest BCUT2D eigenvalue weighted by Gasteiger charge is 2.24. The molecular weight excluding hydrogens is 373 g/mol. The summed E-state index contributed by atoms with van der Waals surface area (Å²) in [7, 11) is 0. The lowest BCUT2D eigenvalue weighted by molar-refractivity contribution is -0.129. The lowest BCUT2D eigenvalue weighted by Gasteiger charge is -2.06. The number of carbonyl (C=O) groups excluding carboxylic acids is 2. The standard InChI is InChI=1S/C23H14FNO4/c24-19-12-5-4-11-18(19)22(26)28-17-10-6-7-15(13-17)14-20-23(27)29-21(25-20)16-8-2-1-3-9-16/h1-14H/b20-14+. The van der Waals surface area contributed by atoms with Crippen LogP contribution in [0.2, 0.25) is 0 Å². The maximum atomic E-state index is 13.7. The number of rotatable bonds is 4. The molecule has 0 bridgehead atoms. The van der Waals surface area contributed by atoms with E-state index in [0.717, 1.165) is 0 Å². The van der Waals surface area contributed by atoms with Gasteiger partial charge >= 0.3 is 11.9 Å². The molecule has 3 aromatic rings. The second-order valence-electron chi connectivity index (χ2n) is 6.14. The Balaban J connectivity index is 1.56. The van der Waals surface area contributed by atoms with Crippen LogP contribution in [0.15, 0.2) is 89.6 Å². The number of cyclic esters (lactones) is 1. The molecule has 0 saturated carbocycles. The monoisotopic (exact) mass is 387 g/mol. The summed E-state index contributed by atoms with van der Waals surface area (Å²) in [5.74, 6) is -1.60. The Morgan fingerprint density at radius 3 is 2.52 bits per heavy atom. The van der Waals surface area contributed by atoms with Gasteiger partial charge in [0.1, 0.15) is 11.6 Å². The highest BCUT2D eigenvalue weighted by molar-refractivity contribution is 6.12. The van der Waals surface area contributed by atoms with Crippen LogP contribution in [0.5, 0.6) is 5.75 Å². The minimum atomic E-state index is -0.808. The summed E-state index contributed by atoms with van der Waals surface area (Å²) in [4.78, 5) is 28.5. The molecule has 0 aliphatic carbocycles. The smallest absolute Gasteiger partial charge is 0.363 e. The van der Waals surface area contributed by atoms with Crippen molar-refractivity contribution in [3.63, 3.8) is 0 Å². The summed E-state index contributed by atoms with van der Waals surface area (Å²) in [5.41, 5.74) is 1.24. The van der Waals surface area contributed by atoms with Crippen molar-refractivity contribution >= 4 is 23.9 Å². The van der Waals surface area contributed by atoms with Crippen molar-refractivity contribution in [1.82, 2.24) is 0 Å². The van der Waals surface area contributed by atoms with Gasteiger partial charge in [0.15, 0.2) is 5.70 Å². The van der Waals surface area contributed by atoms with E-state index in [1.54, 1.807) is 42.5 Å². The van der Waals surface area contributed by atoms with Gasteiger partial charge in [-0.3, -0.25) is 0 Å². The Bertz CT molecular complexity index is 1150. The third-order valence-corrected chi connectivity index (χ3v) is 4.11. The van der Waals surface area contributed by atoms with Crippen molar-refractivity contribution in [1.29, 1.82) is 0 Å². The van der Waals surface area contributed by atoms with E-state index < -0.39 is 17.8 Å². The zero-order valence-corrected chi connectivity index (χ0v) is 15.0. The van der Waals surface area contributed by atoms with Gasteiger partial charge in [0.05, 0.1) is 5.56 Å². The first kappa shape index (κ1) is 18.3. The maximum Gasteiger partial charge on any atom is 0.363 e. The molecule has 0 unspecified atom stereocenters. The Hall–Kier alpha value is -4.06. The number of esters is 2. The molecule has 29 heavy (non-hydrogen) atoms. The van der Waals surface area contributed by atoms with E-state index in [9.17, 15) is 14.0 Å². The number of nitrogens with zero attached hydrogens (tertiary/aromatic N) is 1. The van der Waals surface area contributed by atoms with Crippen LogP contribution in [0.4, 0.5) is 4.39 Å². The molecular formula is C23H14FNO4. The maximum absolute atomic E-state index is 13.7. The van der Waals surface area contributed by atoms with Gasteiger partial charge in [0, 0.05) is 5.56 Å². The predicted molar refractivity (Wildman–Crippen MR) is 105 cm³/mol. The molecule has 0 amide bonds. The molecule has 1 aliphatic rings. The predicted octanol–water partition coefficient (Wildman–Crippen LogP) is 4.39. The van der Waals surface area contributed by atoms with E-state index in [0.29, 0.717) is 11.1 Å². The SMILES string of the molecule is O=C1OC(c2ccccc2)=N/C1=C/c1cccc(OC(=O)c2ccccc2F)c1. The number of carbonyl (C=O) groups is 2. The van der Waals surface area contributed by atoms with Gasteiger partial charge in [-0.05, 0) is 48.0 Å². The summed E-state index contributed by atoms with van der Waals surface area (Å²) >= 11 is 0. The van der Waals surface area contributed by atoms with Crippen LogP contribution in [0, 0.1) is 5.82 Å². The van der Waals surface area contributed by atoms with Crippen molar-refractivity contribution in [2.75, 3.05) is 0 Å². The highest BCUT2D eigenvalue weighted by Crippen LogP contribution is 2.22. The van der Waals surface area contributed by atoms with Gasteiger partial charge in [-0.25, -0.2) is 19.0 Å². The van der Waals surface area contributed by atoms with Gasteiger partial charge < -0.3 is 9.47 Å². The second-order valence-corrected chi connectivity index (χ2v) is 6.14. The van der Waals surface area contributed by atoms with Crippen LogP contribution in [0.1, 0.15) is 21.5 Å². The molecule has 3 aromatic carbocycles. The van der Waals surface area contributed by atoms with Crippen LogP contribution in [0.3, 0.4) is 0 Å². The Labute approximate surface area is 165 Å². The van der Waals surface area contributed by atoms with Crippen molar-refractivity contribution in [2.24, 2.45) is 4.99 Å². The van der Waals surface area contributed by atoms with E-state index in [2.05, 4.69) is 4.99 Å². The Morgan fingerprint density at radius 2 is 1.72 bits per heavy atom. The number of halogens is 1. The van der Waals surface area contributed by atoms with Crippen molar-refractivity contribution in [2.45, 2.75) is 0 Å². The molecule has 0 atom stereocenters. The minimum Gasteiger partial charge on any atom is -0.423 e. The molecule has 0 aromatic heterocycles. The van der Waals surface area contributed by atoms with Crippen molar-refractivity contribution in [3.8, 4) is 5.75 Å². The van der Waals surface area contributed by atoms with Gasteiger partial charge in [-0.2, -0.15) is 0 Å². The summed E-state index contributed by atoms with van der Waals surface area (Å²) in [5, 5.41) is 0. The minimum absolute atomic E-state index is 0.126. The largest absolute Gasteiger partial charge is 0.423 e. The molecule has 5 nitrogen and oxygen atoms in total. The summed E-state index contributed by atoms with van der Waals surface area (Å²) < 4.78 is 24.2. The number of hydrogen-bond acceptors (Lipinski definition) is 5. The van der Waals surface area contributed by atoms with Gasteiger partial charge in [0.2, 0.25) is 5.90 Å². The molecule has 0 N–H and O–H groups in total. The summed E-state index contributed by atoms with van der Waals surface area (Å²) in [6.45, 7) is 0. The zero-order chi connectivity index (χ0) is 20.2. The molecule has 0 saturated heterocycles. The summed E-state index contributed by atoms with van der Waals surface area (Å²) in [6.07, 6.45) is 1.53. The van der Waals surface area contributed by atoms with Crippen molar-refractivity contribution in [3.05, 3.63) is 107 Å². The van der Waals surface area contributed by atoms with E-state index in [4.69, 9.17) is 9.47 Å². The quantitative estimate of drug-likeness (QED) is 0.378. The average molecular weight is 387 g/mol. The molecule has 142 valence electrons. The fourth-order valence-electron chi connectivity index (χ4n) is 2.73. The second kappa shape index (κ2) is 7.90. The van der Waals surface area contributed by atoms with Crippen LogP contribution >= 0.6 is 0 Å². The van der Waals surface area contributed by atoms with E-state index in [1.165, 1.54) is 24.3 Å². The van der Waals surface area contributed by atoms with Gasteiger partial charge in [0.25, 0.3) is 0 Å². The van der Waals surface area contributed by atoms with Crippen LogP contribution < -0.4 is 4.74 Å². The number of benzene rings is 3. The first-order valence-corrected chi connectivity index (χ1v) is 8.75. The Kier molecular flexibility index (Phi) is 4.99. The molecule has 1 aliphatic heterocycles. The highest BCUT2D eigenvalue weighted by atomic mass is 19.1. The third kappa shape index (κ3) is 4.11. The fraction of sp³-hybridized carbons (Fsp3) is 0. The van der Waals surface area contributed by atoms with Crippen LogP contribution in [-0.4, -0.2) is 17.8 Å². The van der Waals surface area contributed by atoms with Crippen LogP contribution in [0.25, 0.3) is 6.08 Å². The molecule has 0 fully saturated rings. The van der Waals surface area contributed by atoms with E-state index in [-0.39, 0.29) is 22.9 Å². The molecule has 4 rings (SSSR count). The van der Waals surface area contributed by atoms with Gasteiger partial charge in [-0.1, -0.05) is 42.5 Å². The molecule has 0 radical (unpaired) electrons. The molecule has 0 spiro atoms. The zero-order valence-electron chi connectivity index (χ0n) is 15.0. The average Bonchev–Trinajstić information content (AvgIpc) is 3.09. The molecule has 1 heterocycles. The van der Waals surface area contributed by atoms with Crippen LogP contribution in [-0.2, 0) is 9.53 Å².